The van der Waals surface area contributed by atoms with E-state index in [-0.39, 0.29) is 0 Å². The molecule has 5 nitrogen and oxygen atoms in total. The predicted octanol–water partition coefficient (Wildman–Crippen LogP) is 1.68. The molecule has 0 bridgehead atoms. The first kappa shape index (κ1) is 15.1. The lowest BCUT2D eigenvalue weighted by atomic mass is 9.51. The number of ether oxygens (including phenoxy) is 2. The van der Waals surface area contributed by atoms with Crippen LogP contribution in [0, 0.1) is 5.41 Å². The molecule has 1 spiro atoms. The first-order valence-corrected chi connectivity index (χ1v) is 8.47. The van der Waals surface area contributed by atoms with Crippen LogP contribution in [0.25, 0.3) is 0 Å². The smallest absolute Gasteiger partial charge is 0.191 e. The quantitative estimate of drug-likeness (QED) is 0.612. The van der Waals surface area contributed by atoms with Crippen molar-refractivity contribution in [2.75, 3.05) is 26.9 Å². The van der Waals surface area contributed by atoms with Gasteiger partial charge in [-0.3, -0.25) is 4.99 Å². The molecule has 3 fully saturated rings. The van der Waals surface area contributed by atoms with Crippen LogP contribution >= 0.6 is 0 Å². The summed E-state index contributed by atoms with van der Waals surface area (Å²) in [5.41, 5.74) is 0.378. The molecule has 21 heavy (non-hydrogen) atoms. The highest BCUT2D eigenvalue weighted by molar-refractivity contribution is 5.80. The van der Waals surface area contributed by atoms with Crippen molar-refractivity contribution in [3.8, 4) is 0 Å². The van der Waals surface area contributed by atoms with Gasteiger partial charge in [0.25, 0.3) is 0 Å². The van der Waals surface area contributed by atoms with E-state index >= 15 is 0 Å². The zero-order valence-corrected chi connectivity index (χ0v) is 13.4. The summed E-state index contributed by atoms with van der Waals surface area (Å²) in [5.74, 6) is 0.952. The van der Waals surface area contributed by atoms with Crippen LogP contribution in [0.2, 0.25) is 0 Å². The maximum absolute atomic E-state index is 5.91. The van der Waals surface area contributed by atoms with Crippen LogP contribution in [0.1, 0.15) is 45.4 Å². The average molecular weight is 295 g/mol. The van der Waals surface area contributed by atoms with E-state index < -0.39 is 0 Å². The molecule has 1 heterocycles. The molecular weight excluding hydrogens is 266 g/mol. The van der Waals surface area contributed by atoms with Gasteiger partial charge in [0.2, 0.25) is 0 Å². The summed E-state index contributed by atoms with van der Waals surface area (Å²) in [6.07, 6.45) is 7.63. The Morgan fingerprint density at radius 3 is 2.62 bits per heavy atom. The lowest BCUT2D eigenvalue weighted by molar-refractivity contribution is -0.168. The van der Waals surface area contributed by atoms with Crippen molar-refractivity contribution < 1.29 is 9.47 Å². The first-order valence-electron chi connectivity index (χ1n) is 8.47. The zero-order valence-electron chi connectivity index (χ0n) is 13.4. The minimum Gasteiger partial charge on any atom is -0.381 e. The fraction of sp³-hybridized carbons (Fsp3) is 0.938. The van der Waals surface area contributed by atoms with E-state index in [1.54, 1.807) is 0 Å². The fourth-order valence-electron chi connectivity index (χ4n) is 4.01. The van der Waals surface area contributed by atoms with Crippen LogP contribution in [-0.2, 0) is 9.47 Å². The molecule has 2 N–H and O–H groups in total. The second kappa shape index (κ2) is 6.53. The lowest BCUT2D eigenvalue weighted by Gasteiger charge is -2.61. The van der Waals surface area contributed by atoms with Gasteiger partial charge >= 0.3 is 0 Å². The molecule has 3 rings (SSSR count). The van der Waals surface area contributed by atoms with Crippen molar-refractivity contribution >= 4 is 5.96 Å². The molecule has 0 aromatic heterocycles. The Labute approximate surface area is 127 Å². The molecule has 0 aromatic carbocycles. The van der Waals surface area contributed by atoms with Crippen molar-refractivity contribution in [2.45, 2.75) is 63.6 Å². The van der Waals surface area contributed by atoms with Crippen molar-refractivity contribution in [1.29, 1.82) is 0 Å². The molecule has 1 saturated heterocycles. The van der Waals surface area contributed by atoms with E-state index in [1.807, 2.05) is 7.05 Å². The minimum absolute atomic E-state index is 0.378. The Hall–Kier alpha value is -0.810. The van der Waals surface area contributed by atoms with Gasteiger partial charge in [-0.15, -0.1) is 0 Å². The maximum atomic E-state index is 5.91. The Bertz CT molecular complexity index is 376. The number of aliphatic imine (C=N–C) groups is 1. The van der Waals surface area contributed by atoms with Gasteiger partial charge < -0.3 is 20.1 Å². The number of rotatable bonds is 4. The van der Waals surface area contributed by atoms with Crippen molar-refractivity contribution in [3.05, 3.63) is 0 Å². The van der Waals surface area contributed by atoms with Crippen molar-refractivity contribution in [1.82, 2.24) is 10.6 Å². The van der Waals surface area contributed by atoms with E-state index in [9.17, 15) is 0 Å². The number of nitrogens with one attached hydrogen (secondary N) is 2. The van der Waals surface area contributed by atoms with Crippen LogP contribution in [-0.4, -0.2) is 51.0 Å². The van der Waals surface area contributed by atoms with E-state index in [4.69, 9.17) is 9.47 Å². The molecule has 0 amide bonds. The highest BCUT2D eigenvalue weighted by Gasteiger charge is 2.59. The summed E-state index contributed by atoms with van der Waals surface area (Å²) in [7, 11) is 1.86. The van der Waals surface area contributed by atoms with Crippen molar-refractivity contribution in [3.63, 3.8) is 0 Å². The van der Waals surface area contributed by atoms with Gasteiger partial charge in [-0.05, 0) is 39.0 Å². The van der Waals surface area contributed by atoms with Crippen molar-refractivity contribution in [2.24, 2.45) is 10.4 Å². The van der Waals surface area contributed by atoms with Crippen LogP contribution in [0.4, 0.5) is 0 Å². The summed E-state index contributed by atoms with van der Waals surface area (Å²) in [6.45, 7) is 4.63. The molecule has 2 aliphatic carbocycles. The Morgan fingerprint density at radius 1 is 1.29 bits per heavy atom. The van der Waals surface area contributed by atoms with Crippen LogP contribution in [0.15, 0.2) is 4.99 Å². The van der Waals surface area contributed by atoms with Gasteiger partial charge in [-0.1, -0.05) is 6.42 Å². The molecule has 120 valence electrons. The van der Waals surface area contributed by atoms with Gasteiger partial charge in [-0.25, -0.2) is 0 Å². The van der Waals surface area contributed by atoms with Gasteiger partial charge in [-0.2, -0.15) is 0 Å². The largest absolute Gasteiger partial charge is 0.381 e. The molecule has 0 aromatic rings. The van der Waals surface area contributed by atoms with Gasteiger partial charge in [0.05, 0.1) is 6.10 Å². The molecule has 2 saturated carbocycles. The number of nitrogens with zero attached hydrogens (tertiary/aromatic N) is 1. The topological polar surface area (TPSA) is 54.9 Å². The lowest BCUT2D eigenvalue weighted by Crippen LogP contribution is -2.69. The maximum Gasteiger partial charge on any atom is 0.191 e. The summed E-state index contributed by atoms with van der Waals surface area (Å²) in [6, 6.07) is 1.01. The standard InChI is InChI=1S/C16H29N3O2/c1-3-21-14-11-13(16(14)7-4-8-16)19-15(17-2)18-12-5-9-20-10-6-12/h12-14H,3-11H2,1-2H3,(H2,17,18,19). The second-order valence-corrected chi connectivity index (χ2v) is 6.57. The minimum atomic E-state index is 0.378. The van der Waals surface area contributed by atoms with E-state index in [2.05, 4.69) is 22.5 Å². The summed E-state index contributed by atoms with van der Waals surface area (Å²) in [5, 5.41) is 7.21. The molecule has 1 aliphatic heterocycles. The molecular formula is C16H29N3O2. The van der Waals surface area contributed by atoms with Crippen LogP contribution in [0.3, 0.4) is 0 Å². The molecule has 5 heteroatoms. The molecule has 3 aliphatic rings. The Kier molecular flexibility index (Phi) is 4.69. The third kappa shape index (κ3) is 2.90. The third-order valence-electron chi connectivity index (χ3n) is 5.53. The third-order valence-corrected chi connectivity index (χ3v) is 5.53. The summed E-state index contributed by atoms with van der Waals surface area (Å²) in [4.78, 5) is 4.41. The van der Waals surface area contributed by atoms with E-state index in [1.165, 1.54) is 19.3 Å². The van der Waals surface area contributed by atoms with Crippen LogP contribution in [0.5, 0.6) is 0 Å². The number of guanidine groups is 1. The SMILES string of the molecule is CCOC1CC(NC(=NC)NC2CCOCC2)C12CCC2. The van der Waals surface area contributed by atoms with Gasteiger partial charge in [0.15, 0.2) is 5.96 Å². The first-order chi connectivity index (χ1) is 10.3. The molecule has 0 radical (unpaired) electrons. The number of hydrogen-bond acceptors (Lipinski definition) is 3. The molecule has 2 atom stereocenters. The summed E-state index contributed by atoms with van der Waals surface area (Å²) >= 11 is 0. The molecule has 2 unspecified atom stereocenters. The van der Waals surface area contributed by atoms with Crippen LogP contribution < -0.4 is 10.6 Å². The number of hydrogen-bond donors (Lipinski definition) is 2. The second-order valence-electron chi connectivity index (χ2n) is 6.57. The highest BCUT2D eigenvalue weighted by atomic mass is 16.5. The predicted molar refractivity (Wildman–Crippen MR) is 83.6 cm³/mol. The highest BCUT2D eigenvalue weighted by Crippen LogP contribution is 2.57. The fourth-order valence-corrected chi connectivity index (χ4v) is 4.01. The Balaban J connectivity index is 1.53. The normalized spacial score (nSPS) is 32.4. The zero-order chi connectivity index (χ0) is 14.7. The van der Waals surface area contributed by atoms with Gasteiger partial charge in [0, 0.05) is 44.4 Å². The summed E-state index contributed by atoms with van der Waals surface area (Å²) < 4.78 is 11.3. The Morgan fingerprint density at radius 2 is 2.05 bits per heavy atom. The average Bonchev–Trinajstić information content (AvgIpc) is 2.44. The monoisotopic (exact) mass is 295 g/mol. The van der Waals surface area contributed by atoms with E-state index in [0.717, 1.165) is 45.0 Å². The van der Waals surface area contributed by atoms with Gasteiger partial charge in [0.1, 0.15) is 0 Å². The van der Waals surface area contributed by atoms with E-state index in [0.29, 0.717) is 23.6 Å².